The van der Waals surface area contributed by atoms with E-state index in [2.05, 4.69) is 40.2 Å². The average molecular weight is 340 g/mol. The molecule has 0 saturated carbocycles. The fourth-order valence-corrected chi connectivity index (χ4v) is 2.76. The normalized spacial score (nSPS) is 10.9. The molecule has 1 radical (unpaired) electrons. The molecule has 0 heterocycles. The van der Waals surface area contributed by atoms with Crippen molar-refractivity contribution >= 4 is 15.9 Å². The van der Waals surface area contributed by atoms with Gasteiger partial charge in [0.05, 0.1) is 6.61 Å². The summed E-state index contributed by atoms with van der Waals surface area (Å²) < 4.78 is 1.16. The van der Waals surface area contributed by atoms with Gasteiger partial charge in [-0.05, 0) is 37.0 Å². The highest BCUT2D eigenvalue weighted by Gasteiger charge is 1.95. The standard InChI is InChI=1S/C18H28BrO/c19-18-14-12-17(13-15-18)11-9-7-5-3-1-2-4-6-8-10-16-20/h12-15H,1-11,16H2. The van der Waals surface area contributed by atoms with Gasteiger partial charge in [-0.2, -0.15) is 0 Å². The summed E-state index contributed by atoms with van der Waals surface area (Å²) in [5, 5.41) is 10.3. The molecule has 0 unspecified atom stereocenters. The third-order valence-electron chi connectivity index (χ3n) is 3.77. The first kappa shape index (κ1) is 17.7. The minimum absolute atomic E-state index is 0.109. The van der Waals surface area contributed by atoms with Crippen LogP contribution in [0.15, 0.2) is 28.7 Å². The Morgan fingerprint density at radius 2 is 1.10 bits per heavy atom. The molecule has 0 fully saturated rings. The Morgan fingerprint density at radius 1 is 0.650 bits per heavy atom. The molecule has 0 spiro atoms. The Balaban J connectivity index is 1.84. The summed E-state index contributed by atoms with van der Waals surface area (Å²) >= 11 is 3.47. The van der Waals surface area contributed by atoms with Crippen LogP contribution >= 0.6 is 15.9 Å². The summed E-state index contributed by atoms with van der Waals surface area (Å²) in [7, 11) is 0. The topological polar surface area (TPSA) is 19.9 Å². The highest BCUT2D eigenvalue weighted by molar-refractivity contribution is 9.10. The maximum atomic E-state index is 10.3. The summed E-state index contributed by atoms with van der Waals surface area (Å²) in [6.07, 6.45) is 13.9. The van der Waals surface area contributed by atoms with Gasteiger partial charge in [-0.15, -0.1) is 0 Å². The molecule has 0 aliphatic rings. The first-order chi connectivity index (χ1) is 9.83. The van der Waals surface area contributed by atoms with Gasteiger partial charge in [0.15, 0.2) is 0 Å². The maximum Gasteiger partial charge on any atom is 0.0822 e. The lowest BCUT2D eigenvalue weighted by Gasteiger charge is -2.03. The van der Waals surface area contributed by atoms with Crippen LogP contribution in [-0.2, 0) is 11.5 Å². The number of hydrogen-bond acceptors (Lipinski definition) is 0. The van der Waals surface area contributed by atoms with Gasteiger partial charge in [0.25, 0.3) is 0 Å². The monoisotopic (exact) mass is 339 g/mol. The summed E-state index contributed by atoms with van der Waals surface area (Å²) in [4.78, 5) is 0. The van der Waals surface area contributed by atoms with E-state index in [0.717, 1.165) is 17.3 Å². The third kappa shape index (κ3) is 9.55. The Morgan fingerprint density at radius 3 is 1.60 bits per heavy atom. The Kier molecular flexibility index (Phi) is 11.0. The fraction of sp³-hybridized carbons (Fsp3) is 0.667. The van der Waals surface area contributed by atoms with Gasteiger partial charge in [-0.1, -0.05) is 79.4 Å². The van der Waals surface area contributed by atoms with E-state index < -0.39 is 0 Å². The van der Waals surface area contributed by atoms with Crippen molar-refractivity contribution in [1.82, 2.24) is 0 Å². The molecule has 0 saturated heterocycles. The number of hydrogen-bond donors (Lipinski definition) is 0. The van der Waals surface area contributed by atoms with Gasteiger partial charge < -0.3 is 0 Å². The van der Waals surface area contributed by atoms with E-state index in [1.807, 2.05) is 0 Å². The van der Waals surface area contributed by atoms with Gasteiger partial charge in [-0.25, -0.2) is 5.11 Å². The minimum atomic E-state index is 0.109. The predicted molar refractivity (Wildman–Crippen MR) is 89.6 cm³/mol. The molecule has 1 rings (SSSR count). The van der Waals surface area contributed by atoms with Crippen molar-refractivity contribution in [2.24, 2.45) is 0 Å². The summed E-state index contributed by atoms with van der Waals surface area (Å²) in [6.45, 7) is 0.109. The SMILES string of the molecule is [O]CCCCCCCCCCCCc1ccc(Br)cc1. The molecule has 1 nitrogen and oxygen atoms in total. The van der Waals surface area contributed by atoms with Crippen LogP contribution in [0.3, 0.4) is 0 Å². The van der Waals surface area contributed by atoms with Crippen molar-refractivity contribution in [2.75, 3.05) is 6.61 Å². The van der Waals surface area contributed by atoms with Crippen molar-refractivity contribution in [1.29, 1.82) is 0 Å². The molecule has 0 N–H and O–H groups in total. The summed E-state index contributed by atoms with van der Waals surface area (Å²) in [5.41, 5.74) is 1.45. The summed E-state index contributed by atoms with van der Waals surface area (Å²) in [6, 6.07) is 8.68. The van der Waals surface area contributed by atoms with Crippen molar-refractivity contribution < 1.29 is 5.11 Å². The van der Waals surface area contributed by atoms with Gasteiger partial charge >= 0.3 is 0 Å². The molecular weight excluding hydrogens is 312 g/mol. The Hall–Kier alpha value is -0.340. The first-order valence-corrected chi connectivity index (χ1v) is 8.95. The highest BCUT2D eigenvalue weighted by Crippen LogP contribution is 2.14. The zero-order chi connectivity index (χ0) is 14.5. The lowest BCUT2D eigenvalue weighted by Crippen LogP contribution is -1.86. The Bertz CT molecular complexity index is 321. The minimum Gasteiger partial charge on any atom is -0.237 e. The maximum absolute atomic E-state index is 10.3. The third-order valence-corrected chi connectivity index (χ3v) is 4.30. The van der Waals surface area contributed by atoms with E-state index in [1.165, 1.54) is 63.4 Å². The van der Waals surface area contributed by atoms with Gasteiger partial charge in [0.1, 0.15) is 0 Å². The molecule has 0 atom stereocenters. The van der Waals surface area contributed by atoms with Crippen LogP contribution in [0.4, 0.5) is 0 Å². The van der Waals surface area contributed by atoms with Crippen LogP contribution in [0.5, 0.6) is 0 Å². The van der Waals surface area contributed by atoms with Crippen LogP contribution in [0.1, 0.15) is 69.8 Å². The van der Waals surface area contributed by atoms with Crippen molar-refractivity contribution in [3.63, 3.8) is 0 Å². The van der Waals surface area contributed by atoms with Crippen LogP contribution in [0, 0.1) is 0 Å². The molecule has 0 aliphatic carbocycles. The van der Waals surface area contributed by atoms with Gasteiger partial charge in [0.2, 0.25) is 0 Å². The second-order valence-corrected chi connectivity index (χ2v) is 6.53. The van der Waals surface area contributed by atoms with Crippen LogP contribution < -0.4 is 0 Å². The van der Waals surface area contributed by atoms with Gasteiger partial charge in [0, 0.05) is 4.47 Å². The molecule has 0 aliphatic heterocycles. The predicted octanol–water partition coefficient (Wildman–Crippen LogP) is 6.32. The van der Waals surface area contributed by atoms with E-state index in [4.69, 9.17) is 0 Å². The number of unbranched alkanes of at least 4 members (excludes halogenated alkanes) is 9. The van der Waals surface area contributed by atoms with Crippen molar-refractivity contribution in [2.45, 2.75) is 70.6 Å². The van der Waals surface area contributed by atoms with Gasteiger partial charge in [-0.3, -0.25) is 0 Å². The zero-order valence-corrected chi connectivity index (χ0v) is 14.2. The van der Waals surface area contributed by atoms with Crippen LogP contribution in [0.2, 0.25) is 0 Å². The molecule has 0 bridgehead atoms. The van der Waals surface area contributed by atoms with Crippen LogP contribution in [-0.4, -0.2) is 6.61 Å². The lowest BCUT2D eigenvalue weighted by atomic mass is 10.0. The second kappa shape index (κ2) is 12.4. The van der Waals surface area contributed by atoms with Crippen LogP contribution in [0.25, 0.3) is 0 Å². The largest absolute Gasteiger partial charge is 0.237 e. The molecule has 0 aromatic heterocycles. The van der Waals surface area contributed by atoms with Crippen molar-refractivity contribution in [3.05, 3.63) is 34.3 Å². The number of rotatable bonds is 12. The average Bonchev–Trinajstić information content (AvgIpc) is 2.47. The van der Waals surface area contributed by atoms with E-state index in [9.17, 15) is 5.11 Å². The zero-order valence-electron chi connectivity index (χ0n) is 12.6. The molecule has 20 heavy (non-hydrogen) atoms. The molecule has 1 aromatic carbocycles. The number of benzene rings is 1. The van der Waals surface area contributed by atoms with E-state index >= 15 is 0 Å². The second-order valence-electron chi connectivity index (χ2n) is 5.62. The molecular formula is C18H28BrO. The van der Waals surface area contributed by atoms with E-state index in [1.54, 1.807) is 0 Å². The fourth-order valence-electron chi connectivity index (χ4n) is 2.50. The van der Waals surface area contributed by atoms with E-state index in [-0.39, 0.29) is 6.61 Å². The number of halogens is 1. The molecule has 0 amide bonds. The number of aryl methyl sites for hydroxylation is 1. The lowest BCUT2D eigenvalue weighted by molar-refractivity contribution is 0.186. The van der Waals surface area contributed by atoms with E-state index in [0.29, 0.717) is 0 Å². The van der Waals surface area contributed by atoms with Crippen molar-refractivity contribution in [3.8, 4) is 0 Å². The Labute approximate surface area is 132 Å². The first-order valence-electron chi connectivity index (χ1n) is 8.15. The smallest absolute Gasteiger partial charge is 0.0822 e. The molecule has 1 aromatic rings. The summed E-state index contributed by atoms with van der Waals surface area (Å²) in [5.74, 6) is 0. The molecule has 113 valence electrons. The molecule has 2 heteroatoms. The quantitative estimate of drug-likeness (QED) is 0.397. The highest BCUT2D eigenvalue weighted by atomic mass is 79.9.